The highest BCUT2D eigenvalue weighted by Gasteiger charge is 2.20. The van der Waals surface area contributed by atoms with Crippen molar-refractivity contribution in [3.63, 3.8) is 0 Å². The molecule has 0 aliphatic carbocycles. The SMILES string of the molecule is CCc1ccc(C(O)c2c(O)cccc2OCc2ccccc2)cc1. The fourth-order valence-electron chi connectivity index (χ4n) is 2.77. The average Bonchev–Trinajstić information content (AvgIpc) is 2.67. The van der Waals surface area contributed by atoms with Gasteiger partial charge in [0.2, 0.25) is 0 Å². The van der Waals surface area contributed by atoms with Crippen molar-refractivity contribution in [3.8, 4) is 11.5 Å². The summed E-state index contributed by atoms with van der Waals surface area (Å²) in [5.41, 5.74) is 3.35. The highest BCUT2D eigenvalue weighted by Crippen LogP contribution is 2.37. The van der Waals surface area contributed by atoms with E-state index in [4.69, 9.17) is 4.74 Å². The Balaban J connectivity index is 1.86. The number of aromatic hydroxyl groups is 1. The van der Waals surface area contributed by atoms with E-state index in [-0.39, 0.29) is 5.75 Å². The Bertz CT molecular complexity index is 810. The average molecular weight is 334 g/mol. The van der Waals surface area contributed by atoms with Gasteiger partial charge in [0.15, 0.2) is 0 Å². The molecule has 0 fully saturated rings. The first-order valence-electron chi connectivity index (χ1n) is 8.44. The smallest absolute Gasteiger partial charge is 0.129 e. The molecule has 3 aromatic rings. The van der Waals surface area contributed by atoms with Crippen LogP contribution in [-0.2, 0) is 13.0 Å². The zero-order chi connectivity index (χ0) is 17.6. The molecule has 3 rings (SSSR count). The lowest BCUT2D eigenvalue weighted by Crippen LogP contribution is -2.05. The van der Waals surface area contributed by atoms with Crippen molar-refractivity contribution in [1.29, 1.82) is 0 Å². The Morgan fingerprint density at radius 1 is 0.840 bits per heavy atom. The van der Waals surface area contributed by atoms with Gasteiger partial charge >= 0.3 is 0 Å². The summed E-state index contributed by atoms with van der Waals surface area (Å²) in [6, 6.07) is 22.6. The molecule has 3 heteroatoms. The van der Waals surface area contributed by atoms with Crippen LogP contribution in [0, 0.1) is 0 Å². The van der Waals surface area contributed by atoms with E-state index in [1.807, 2.05) is 54.6 Å². The quantitative estimate of drug-likeness (QED) is 0.692. The molecule has 3 aromatic carbocycles. The molecule has 128 valence electrons. The highest BCUT2D eigenvalue weighted by atomic mass is 16.5. The maximum Gasteiger partial charge on any atom is 0.129 e. The van der Waals surface area contributed by atoms with Crippen LogP contribution in [0.3, 0.4) is 0 Å². The van der Waals surface area contributed by atoms with Gasteiger partial charge in [0.1, 0.15) is 24.2 Å². The van der Waals surface area contributed by atoms with Gasteiger partial charge < -0.3 is 14.9 Å². The number of phenolic OH excluding ortho intramolecular Hbond substituents is 1. The third kappa shape index (κ3) is 4.01. The van der Waals surface area contributed by atoms with E-state index in [0.717, 1.165) is 17.5 Å². The predicted octanol–water partition coefficient (Wildman–Crippen LogP) is 4.62. The van der Waals surface area contributed by atoms with Crippen molar-refractivity contribution < 1.29 is 14.9 Å². The lowest BCUT2D eigenvalue weighted by Gasteiger charge is -2.18. The number of aliphatic hydroxyl groups excluding tert-OH is 1. The largest absolute Gasteiger partial charge is 0.507 e. The molecule has 0 aliphatic heterocycles. The maximum absolute atomic E-state index is 10.8. The first kappa shape index (κ1) is 17.1. The zero-order valence-electron chi connectivity index (χ0n) is 14.2. The number of benzene rings is 3. The van der Waals surface area contributed by atoms with Gasteiger partial charge in [-0.05, 0) is 35.2 Å². The molecular weight excluding hydrogens is 312 g/mol. The molecule has 0 bridgehead atoms. The summed E-state index contributed by atoms with van der Waals surface area (Å²) in [4.78, 5) is 0. The van der Waals surface area contributed by atoms with Crippen LogP contribution in [0.15, 0.2) is 72.8 Å². The summed E-state index contributed by atoms with van der Waals surface area (Å²) in [7, 11) is 0. The van der Waals surface area contributed by atoms with Crippen LogP contribution in [0.2, 0.25) is 0 Å². The van der Waals surface area contributed by atoms with Gasteiger partial charge in [0.25, 0.3) is 0 Å². The fourth-order valence-corrected chi connectivity index (χ4v) is 2.77. The van der Waals surface area contributed by atoms with Crippen LogP contribution < -0.4 is 4.74 Å². The van der Waals surface area contributed by atoms with Crippen LogP contribution in [-0.4, -0.2) is 10.2 Å². The number of hydrogen-bond acceptors (Lipinski definition) is 3. The normalized spacial score (nSPS) is 11.9. The highest BCUT2D eigenvalue weighted by molar-refractivity contribution is 5.49. The second-order valence-electron chi connectivity index (χ2n) is 5.96. The second-order valence-corrected chi connectivity index (χ2v) is 5.96. The standard InChI is InChI=1S/C22H22O3/c1-2-16-11-13-18(14-12-16)22(24)21-19(23)9-6-10-20(21)25-15-17-7-4-3-5-8-17/h3-14,22-24H,2,15H2,1H3. The number of aryl methyl sites for hydroxylation is 1. The van der Waals surface area contributed by atoms with Gasteiger partial charge in [-0.3, -0.25) is 0 Å². The number of ether oxygens (including phenoxy) is 1. The first-order chi connectivity index (χ1) is 12.2. The minimum atomic E-state index is -0.946. The topological polar surface area (TPSA) is 49.7 Å². The molecule has 25 heavy (non-hydrogen) atoms. The van der Waals surface area contributed by atoms with Crippen molar-refractivity contribution in [2.24, 2.45) is 0 Å². The third-order valence-corrected chi connectivity index (χ3v) is 4.26. The summed E-state index contributed by atoms with van der Waals surface area (Å²) < 4.78 is 5.87. The number of rotatable bonds is 6. The van der Waals surface area contributed by atoms with E-state index in [2.05, 4.69) is 6.92 Å². The molecule has 0 heterocycles. The lowest BCUT2D eigenvalue weighted by atomic mass is 9.98. The van der Waals surface area contributed by atoms with Crippen LogP contribution in [0.25, 0.3) is 0 Å². The van der Waals surface area contributed by atoms with E-state index in [1.54, 1.807) is 18.2 Å². The van der Waals surface area contributed by atoms with E-state index in [1.165, 1.54) is 5.56 Å². The predicted molar refractivity (Wildman–Crippen MR) is 98.8 cm³/mol. The van der Waals surface area contributed by atoms with Gasteiger partial charge in [-0.15, -0.1) is 0 Å². The molecule has 2 N–H and O–H groups in total. The molecule has 0 saturated heterocycles. The summed E-state index contributed by atoms with van der Waals surface area (Å²) in [6.07, 6.45) is -0.00355. The Kier molecular flexibility index (Phi) is 5.36. The Labute approximate surface area is 148 Å². The lowest BCUT2D eigenvalue weighted by molar-refractivity contribution is 0.204. The zero-order valence-corrected chi connectivity index (χ0v) is 14.2. The molecule has 0 saturated carbocycles. The molecule has 0 amide bonds. The minimum absolute atomic E-state index is 0.0256. The van der Waals surface area contributed by atoms with E-state index < -0.39 is 6.10 Å². The van der Waals surface area contributed by atoms with Gasteiger partial charge in [-0.25, -0.2) is 0 Å². The van der Waals surface area contributed by atoms with Crippen LogP contribution in [0.1, 0.15) is 35.3 Å². The van der Waals surface area contributed by atoms with Crippen molar-refractivity contribution in [2.45, 2.75) is 26.1 Å². The van der Waals surface area contributed by atoms with Crippen molar-refractivity contribution in [2.75, 3.05) is 0 Å². The molecule has 3 nitrogen and oxygen atoms in total. The Morgan fingerprint density at radius 2 is 1.56 bits per heavy atom. The molecule has 1 unspecified atom stereocenters. The summed E-state index contributed by atoms with van der Waals surface area (Å²) in [5, 5.41) is 21.1. The number of hydrogen-bond donors (Lipinski definition) is 2. The van der Waals surface area contributed by atoms with Gasteiger partial charge in [-0.1, -0.05) is 67.6 Å². The minimum Gasteiger partial charge on any atom is -0.507 e. The molecular formula is C22H22O3. The number of phenols is 1. The van der Waals surface area contributed by atoms with Crippen molar-refractivity contribution in [1.82, 2.24) is 0 Å². The molecule has 0 aliphatic rings. The monoisotopic (exact) mass is 334 g/mol. The Hall–Kier alpha value is -2.78. The second kappa shape index (κ2) is 7.86. The molecule has 0 aromatic heterocycles. The third-order valence-electron chi connectivity index (χ3n) is 4.26. The molecule has 1 atom stereocenters. The summed E-state index contributed by atoms with van der Waals surface area (Å²) in [6.45, 7) is 2.46. The van der Waals surface area contributed by atoms with E-state index in [0.29, 0.717) is 17.9 Å². The Morgan fingerprint density at radius 3 is 2.24 bits per heavy atom. The first-order valence-corrected chi connectivity index (χ1v) is 8.44. The van der Waals surface area contributed by atoms with Crippen LogP contribution in [0.5, 0.6) is 11.5 Å². The summed E-state index contributed by atoms with van der Waals surface area (Å²) in [5.74, 6) is 0.508. The van der Waals surface area contributed by atoms with Gasteiger partial charge in [0.05, 0.1) is 5.56 Å². The fraction of sp³-hybridized carbons (Fsp3) is 0.182. The van der Waals surface area contributed by atoms with Crippen LogP contribution in [0.4, 0.5) is 0 Å². The van der Waals surface area contributed by atoms with E-state index in [9.17, 15) is 10.2 Å². The summed E-state index contributed by atoms with van der Waals surface area (Å²) >= 11 is 0. The molecule has 0 spiro atoms. The van der Waals surface area contributed by atoms with Crippen molar-refractivity contribution in [3.05, 3.63) is 95.1 Å². The maximum atomic E-state index is 10.8. The van der Waals surface area contributed by atoms with Gasteiger partial charge in [-0.2, -0.15) is 0 Å². The molecule has 0 radical (unpaired) electrons. The van der Waals surface area contributed by atoms with Gasteiger partial charge in [0, 0.05) is 0 Å². The van der Waals surface area contributed by atoms with Crippen molar-refractivity contribution >= 4 is 0 Å². The van der Waals surface area contributed by atoms with Crippen LogP contribution >= 0.6 is 0 Å². The van der Waals surface area contributed by atoms with E-state index >= 15 is 0 Å². The number of aliphatic hydroxyl groups is 1.